The minimum Gasteiger partial charge on any atom is -0.486 e. The summed E-state index contributed by atoms with van der Waals surface area (Å²) < 4.78 is 11.3. The number of benzene rings is 2. The first-order valence-electron chi connectivity index (χ1n) is 13.1. The van der Waals surface area contributed by atoms with Crippen molar-refractivity contribution in [2.45, 2.75) is 57.1 Å². The van der Waals surface area contributed by atoms with Gasteiger partial charge in [0, 0.05) is 13.1 Å². The van der Waals surface area contributed by atoms with E-state index in [0.717, 1.165) is 63.6 Å². The lowest BCUT2D eigenvalue weighted by molar-refractivity contribution is 0.108. The summed E-state index contributed by atoms with van der Waals surface area (Å²) in [6, 6.07) is 15.4. The van der Waals surface area contributed by atoms with Crippen LogP contribution in [0.5, 0.6) is 11.5 Å². The van der Waals surface area contributed by atoms with Crippen molar-refractivity contribution in [2.75, 3.05) is 39.4 Å². The summed E-state index contributed by atoms with van der Waals surface area (Å²) >= 11 is 0. The lowest BCUT2D eigenvalue weighted by Gasteiger charge is -2.29. The van der Waals surface area contributed by atoms with E-state index in [0.29, 0.717) is 37.8 Å². The Hall–Kier alpha value is -2.77. The number of aliphatic hydroxyl groups excluding tert-OH is 1. The van der Waals surface area contributed by atoms with Crippen LogP contribution in [-0.4, -0.2) is 61.5 Å². The van der Waals surface area contributed by atoms with E-state index in [1.807, 2.05) is 24.3 Å². The average molecular weight is 482 g/mol. The Bertz CT molecular complexity index is 918. The summed E-state index contributed by atoms with van der Waals surface area (Å²) in [5.41, 5.74) is 2.10. The molecule has 0 spiro atoms. The van der Waals surface area contributed by atoms with Gasteiger partial charge in [0.2, 0.25) is 0 Å². The number of ether oxygens (including phenoxy) is 2. The van der Waals surface area contributed by atoms with Crippen LogP contribution in [0.4, 0.5) is 4.79 Å². The van der Waals surface area contributed by atoms with Crippen LogP contribution in [0.25, 0.3) is 0 Å². The third-order valence-electron chi connectivity index (χ3n) is 6.78. The summed E-state index contributed by atoms with van der Waals surface area (Å²) in [5.74, 6) is 1.34. The van der Waals surface area contributed by atoms with Gasteiger partial charge in [0.05, 0.1) is 6.04 Å². The molecule has 7 nitrogen and oxygen atoms in total. The maximum absolute atomic E-state index is 12.7. The first-order chi connectivity index (χ1) is 17.2. The average Bonchev–Trinajstić information content (AvgIpc) is 3.41. The molecule has 2 aromatic rings. The van der Waals surface area contributed by atoms with E-state index in [1.165, 1.54) is 5.56 Å². The van der Waals surface area contributed by atoms with Crippen LogP contribution in [0, 0.1) is 0 Å². The largest absolute Gasteiger partial charge is 0.486 e. The number of fused-ring (bicyclic) bond motifs is 1. The SMILES string of the molecule is O=C(NCCCCCCc1ccccc1)NC(CN1CCCC1)C(O)c1ccc2c(c1)OCCO2. The topological polar surface area (TPSA) is 83.1 Å². The number of carbonyl (C=O) groups is 1. The molecule has 2 amide bonds. The van der Waals surface area contributed by atoms with Crippen molar-refractivity contribution in [3.05, 3.63) is 59.7 Å². The number of aliphatic hydroxyl groups is 1. The van der Waals surface area contributed by atoms with Gasteiger partial charge in [0.25, 0.3) is 0 Å². The second-order valence-electron chi connectivity index (χ2n) is 9.51. The van der Waals surface area contributed by atoms with Gasteiger partial charge >= 0.3 is 6.03 Å². The van der Waals surface area contributed by atoms with Gasteiger partial charge in [-0.1, -0.05) is 49.2 Å². The van der Waals surface area contributed by atoms with Gasteiger partial charge in [-0.3, -0.25) is 0 Å². The number of likely N-dealkylation sites (tertiary alicyclic amines) is 1. The predicted molar refractivity (Wildman–Crippen MR) is 137 cm³/mol. The van der Waals surface area contributed by atoms with Crippen molar-refractivity contribution in [3.63, 3.8) is 0 Å². The first-order valence-corrected chi connectivity index (χ1v) is 13.1. The number of urea groups is 1. The van der Waals surface area contributed by atoms with Gasteiger partial charge < -0.3 is 30.1 Å². The molecule has 2 aliphatic heterocycles. The molecule has 1 saturated heterocycles. The summed E-state index contributed by atoms with van der Waals surface area (Å²) in [6.07, 6.45) is 6.93. The molecule has 7 heteroatoms. The van der Waals surface area contributed by atoms with Crippen LogP contribution in [0.3, 0.4) is 0 Å². The molecule has 3 N–H and O–H groups in total. The Balaban J connectivity index is 1.23. The molecule has 190 valence electrons. The standard InChI is InChI=1S/C28H39N3O4/c32-27(23-13-14-25-26(20-23)35-19-18-34-25)24(21-31-16-8-9-17-31)30-28(33)29-15-7-2-1-4-10-22-11-5-3-6-12-22/h3,5-6,11-14,20,24,27,32H,1-2,4,7-10,15-19,21H2,(H2,29,30,33). The van der Waals surface area contributed by atoms with Gasteiger partial charge in [-0.2, -0.15) is 0 Å². The zero-order chi connectivity index (χ0) is 24.3. The van der Waals surface area contributed by atoms with Crippen molar-refractivity contribution < 1.29 is 19.4 Å². The minimum absolute atomic E-state index is 0.227. The highest BCUT2D eigenvalue weighted by Gasteiger charge is 2.27. The minimum atomic E-state index is -0.838. The Morgan fingerprint density at radius 3 is 2.49 bits per heavy atom. The number of unbranched alkanes of at least 4 members (excludes halogenated alkanes) is 3. The fourth-order valence-electron chi connectivity index (χ4n) is 4.82. The molecule has 1 fully saturated rings. The van der Waals surface area contributed by atoms with Gasteiger partial charge in [-0.15, -0.1) is 0 Å². The highest BCUT2D eigenvalue weighted by Crippen LogP contribution is 2.33. The highest BCUT2D eigenvalue weighted by molar-refractivity contribution is 5.74. The molecule has 2 unspecified atom stereocenters. The van der Waals surface area contributed by atoms with Crippen molar-refractivity contribution in [2.24, 2.45) is 0 Å². The molecule has 0 saturated carbocycles. The molecule has 2 heterocycles. The van der Waals surface area contributed by atoms with E-state index in [1.54, 1.807) is 0 Å². The van der Waals surface area contributed by atoms with Crippen molar-refractivity contribution in [1.29, 1.82) is 0 Å². The quantitative estimate of drug-likeness (QED) is 0.398. The number of nitrogens with zero attached hydrogens (tertiary/aromatic N) is 1. The summed E-state index contributed by atoms with van der Waals surface area (Å²) in [7, 11) is 0. The van der Waals surface area contributed by atoms with Crippen molar-refractivity contribution >= 4 is 6.03 Å². The third kappa shape index (κ3) is 7.87. The first kappa shape index (κ1) is 25.3. The summed E-state index contributed by atoms with van der Waals surface area (Å²) in [4.78, 5) is 15.0. The molecule has 4 rings (SSSR count). The number of hydrogen-bond acceptors (Lipinski definition) is 5. The van der Waals surface area contributed by atoms with E-state index in [2.05, 4.69) is 39.8 Å². The number of rotatable bonds is 12. The number of nitrogens with one attached hydrogen (secondary N) is 2. The van der Waals surface area contributed by atoms with Gasteiger partial charge in [0.1, 0.15) is 19.3 Å². The van der Waals surface area contributed by atoms with E-state index >= 15 is 0 Å². The number of carbonyl (C=O) groups excluding carboxylic acids is 1. The molecule has 2 aliphatic rings. The predicted octanol–water partition coefficient (Wildman–Crippen LogP) is 4.06. The monoisotopic (exact) mass is 481 g/mol. The fraction of sp³-hybridized carbons (Fsp3) is 0.536. The van der Waals surface area contributed by atoms with E-state index in [4.69, 9.17) is 9.47 Å². The number of aryl methyl sites for hydroxylation is 1. The van der Waals surface area contributed by atoms with E-state index < -0.39 is 12.1 Å². The van der Waals surface area contributed by atoms with Crippen LogP contribution in [-0.2, 0) is 6.42 Å². The van der Waals surface area contributed by atoms with Crippen LogP contribution in [0.1, 0.15) is 55.8 Å². The molecule has 0 radical (unpaired) electrons. The Kier molecular flexibility index (Phi) is 9.66. The molecule has 2 aromatic carbocycles. The number of hydrogen-bond donors (Lipinski definition) is 3. The second kappa shape index (κ2) is 13.4. The lowest BCUT2D eigenvalue weighted by Crippen LogP contribution is -2.50. The maximum Gasteiger partial charge on any atom is 0.315 e. The third-order valence-corrected chi connectivity index (χ3v) is 6.78. The zero-order valence-electron chi connectivity index (χ0n) is 20.6. The number of amides is 2. The van der Waals surface area contributed by atoms with E-state index in [9.17, 15) is 9.90 Å². The van der Waals surface area contributed by atoms with Gasteiger partial charge in [0.15, 0.2) is 11.5 Å². The van der Waals surface area contributed by atoms with Crippen LogP contribution in [0.2, 0.25) is 0 Å². The second-order valence-corrected chi connectivity index (χ2v) is 9.51. The Labute approximate surface area is 208 Å². The Morgan fingerprint density at radius 2 is 1.69 bits per heavy atom. The van der Waals surface area contributed by atoms with Crippen LogP contribution in [0.15, 0.2) is 48.5 Å². The van der Waals surface area contributed by atoms with Crippen molar-refractivity contribution in [1.82, 2.24) is 15.5 Å². The normalized spacial score (nSPS) is 17.1. The smallest absolute Gasteiger partial charge is 0.315 e. The molecule has 2 atom stereocenters. The van der Waals surface area contributed by atoms with Gasteiger partial charge in [-0.25, -0.2) is 4.79 Å². The lowest BCUT2D eigenvalue weighted by atomic mass is 10.0. The molecule has 35 heavy (non-hydrogen) atoms. The molecule has 0 aliphatic carbocycles. The summed E-state index contributed by atoms with van der Waals surface area (Å²) in [6.45, 7) is 4.27. The van der Waals surface area contributed by atoms with E-state index in [-0.39, 0.29) is 6.03 Å². The van der Waals surface area contributed by atoms with Crippen molar-refractivity contribution in [3.8, 4) is 11.5 Å². The molecular formula is C28H39N3O4. The molecular weight excluding hydrogens is 442 g/mol. The fourth-order valence-corrected chi connectivity index (χ4v) is 4.82. The molecule has 0 bridgehead atoms. The van der Waals surface area contributed by atoms with Gasteiger partial charge in [-0.05, 0) is 68.5 Å². The van der Waals surface area contributed by atoms with Crippen LogP contribution >= 0.6 is 0 Å². The zero-order valence-corrected chi connectivity index (χ0v) is 20.6. The highest BCUT2D eigenvalue weighted by atomic mass is 16.6. The maximum atomic E-state index is 12.7. The Morgan fingerprint density at radius 1 is 0.943 bits per heavy atom. The molecule has 0 aromatic heterocycles. The van der Waals surface area contributed by atoms with Crippen LogP contribution < -0.4 is 20.1 Å². The summed E-state index contributed by atoms with van der Waals surface area (Å²) in [5, 5.41) is 17.2.